The summed E-state index contributed by atoms with van der Waals surface area (Å²) in [6.45, 7) is 0.299. The lowest BCUT2D eigenvalue weighted by Crippen LogP contribution is -2.56. The van der Waals surface area contributed by atoms with E-state index in [1.165, 1.54) is 4.90 Å². The van der Waals surface area contributed by atoms with E-state index in [9.17, 15) is 24.3 Å². The quantitative estimate of drug-likeness (QED) is 0.118. The number of aliphatic carboxylic acids is 1. The van der Waals surface area contributed by atoms with Crippen LogP contribution in [0.4, 0.5) is 5.69 Å². The number of amides is 3. The van der Waals surface area contributed by atoms with Crippen molar-refractivity contribution in [2.75, 3.05) is 5.32 Å². The zero-order valence-corrected chi connectivity index (χ0v) is 34.0. The number of carbonyl (C=O) groups excluding carboxylic acids is 3. The van der Waals surface area contributed by atoms with Crippen molar-refractivity contribution in [3.63, 3.8) is 0 Å². The molecule has 3 atom stereocenters. The summed E-state index contributed by atoms with van der Waals surface area (Å²) in [5, 5.41) is 17.4. The third-order valence-corrected chi connectivity index (χ3v) is 11.5. The smallest absolute Gasteiger partial charge is 0.326 e. The fourth-order valence-corrected chi connectivity index (χ4v) is 7.76. The van der Waals surface area contributed by atoms with Gasteiger partial charge in [-0.05, 0) is 94.0 Å². The molecule has 0 radical (unpaired) electrons. The van der Waals surface area contributed by atoms with Gasteiger partial charge < -0.3 is 30.1 Å². The summed E-state index contributed by atoms with van der Waals surface area (Å²) in [5.41, 5.74) is 6.26. The SMILES string of the molecule is O=C(N[C@@H](Cc1ccc(-c2ccc(Cl)cc2)cc1)C(=O)O)C1Cc2cc3c(cc2CN1C(=O)c1ccccc1)O[C@@H](c1ccc(OCc2ccc(Cl)c(Cl)c2)cc1)C(=O)N3. The fourth-order valence-electron chi connectivity index (χ4n) is 7.32. The molecule has 0 fully saturated rings. The second-order valence-corrected chi connectivity index (χ2v) is 15.8. The first-order chi connectivity index (χ1) is 29.0. The van der Waals surface area contributed by atoms with Crippen LogP contribution in [0, 0.1) is 0 Å². The molecule has 302 valence electrons. The Kier molecular flexibility index (Phi) is 11.8. The molecule has 6 aromatic rings. The van der Waals surface area contributed by atoms with Gasteiger partial charge in [-0.3, -0.25) is 14.4 Å². The summed E-state index contributed by atoms with van der Waals surface area (Å²) in [4.78, 5) is 55.6. The maximum atomic E-state index is 14.1. The largest absolute Gasteiger partial charge is 0.489 e. The minimum absolute atomic E-state index is 0.0183. The predicted octanol–water partition coefficient (Wildman–Crippen LogP) is 9.34. The molecule has 3 amide bonds. The highest BCUT2D eigenvalue weighted by molar-refractivity contribution is 6.42. The molecule has 0 spiro atoms. The molecule has 2 aliphatic heterocycles. The molecule has 10 nitrogen and oxygen atoms in total. The monoisotopic (exact) mass is 859 g/mol. The van der Waals surface area contributed by atoms with Crippen LogP contribution in [0.2, 0.25) is 15.1 Å². The minimum Gasteiger partial charge on any atom is -0.489 e. The van der Waals surface area contributed by atoms with Crippen molar-refractivity contribution in [1.29, 1.82) is 0 Å². The van der Waals surface area contributed by atoms with Gasteiger partial charge in [-0.2, -0.15) is 0 Å². The summed E-state index contributed by atoms with van der Waals surface area (Å²) in [5.74, 6) is -1.62. The number of nitrogens with one attached hydrogen (secondary N) is 2. The summed E-state index contributed by atoms with van der Waals surface area (Å²) in [6, 6.07) is 36.9. The maximum Gasteiger partial charge on any atom is 0.326 e. The first-order valence-corrected chi connectivity index (χ1v) is 20.2. The number of carbonyl (C=O) groups is 4. The molecule has 0 bridgehead atoms. The number of ether oxygens (including phenoxy) is 2. The molecular weight excluding hydrogens is 825 g/mol. The summed E-state index contributed by atoms with van der Waals surface area (Å²) in [7, 11) is 0. The number of fused-ring (bicyclic) bond motifs is 2. The predicted molar refractivity (Wildman–Crippen MR) is 230 cm³/mol. The van der Waals surface area contributed by atoms with Crippen molar-refractivity contribution < 1.29 is 33.8 Å². The number of hydrogen-bond donors (Lipinski definition) is 3. The van der Waals surface area contributed by atoms with Gasteiger partial charge in [-0.25, -0.2) is 4.79 Å². The summed E-state index contributed by atoms with van der Waals surface area (Å²) in [6.07, 6.45) is -0.881. The number of rotatable bonds is 11. The van der Waals surface area contributed by atoms with Gasteiger partial charge in [0.1, 0.15) is 30.2 Å². The highest BCUT2D eigenvalue weighted by Gasteiger charge is 2.39. The molecule has 3 N–H and O–H groups in total. The van der Waals surface area contributed by atoms with E-state index >= 15 is 0 Å². The lowest BCUT2D eigenvalue weighted by Gasteiger charge is -2.37. The van der Waals surface area contributed by atoms with Crippen LogP contribution < -0.4 is 20.1 Å². The zero-order chi connectivity index (χ0) is 41.9. The molecular formula is C47H36Cl3N3O7. The van der Waals surface area contributed by atoms with Gasteiger partial charge in [0, 0.05) is 35.5 Å². The Labute approximate surface area is 360 Å². The van der Waals surface area contributed by atoms with E-state index in [-0.39, 0.29) is 31.9 Å². The Morgan fingerprint density at radius 2 is 1.48 bits per heavy atom. The molecule has 8 rings (SSSR count). The van der Waals surface area contributed by atoms with E-state index in [0.29, 0.717) is 54.5 Å². The third-order valence-electron chi connectivity index (χ3n) is 10.5. The Bertz CT molecular complexity index is 2590. The van der Waals surface area contributed by atoms with Gasteiger partial charge in [0.2, 0.25) is 12.0 Å². The first-order valence-electron chi connectivity index (χ1n) is 19.0. The Hall–Kier alpha value is -6.33. The van der Waals surface area contributed by atoms with Crippen LogP contribution in [0.3, 0.4) is 0 Å². The van der Waals surface area contributed by atoms with Crippen LogP contribution in [0.5, 0.6) is 11.5 Å². The lowest BCUT2D eigenvalue weighted by molar-refractivity contribution is -0.142. The molecule has 1 unspecified atom stereocenters. The van der Waals surface area contributed by atoms with Gasteiger partial charge in [0.15, 0.2) is 0 Å². The number of hydrogen-bond acceptors (Lipinski definition) is 6. The normalized spacial score (nSPS) is 16.1. The highest BCUT2D eigenvalue weighted by atomic mass is 35.5. The Morgan fingerprint density at radius 1 is 0.800 bits per heavy atom. The number of nitrogens with zero attached hydrogens (tertiary/aromatic N) is 1. The zero-order valence-electron chi connectivity index (χ0n) is 31.7. The van der Waals surface area contributed by atoms with Gasteiger partial charge >= 0.3 is 5.97 Å². The molecule has 0 aliphatic carbocycles. The first kappa shape index (κ1) is 40.4. The number of anilines is 1. The standard InChI is InChI=1S/C47H36Cl3N3O7/c48-35-15-11-30(12-16-35)29-9-6-27(7-10-29)21-40(47(57)58)52-44(54)41-23-33-22-39-42(24-34(33)25-53(41)46(56)32-4-2-1-3-5-32)60-43(45(55)51-39)31-13-17-36(18-14-31)59-26-28-8-19-37(49)38(50)20-28/h1-20,22,24,40-41,43H,21,23,25-26H2,(H,51,55)(H,52,54)(H,57,58)/t40-,41?,43-/m0/s1. The number of carboxylic acid groups (broad SMARTS) is 1. The third kappa shape index (κ3) is 8.96. The molecule has 0 saturated heterocycles. The van der Waals surface area contributed by atoms with E-state index in [0.717, 1.165) is 22.3 Å². The Balaban J connectivity index is 0.994. The second-order valence-electron chi connectivity index (χ2n) is 14.5. The van der Waals surface area contributed by atoms with Crippen molar-refractivity contribution >= 4 is 64.2 Å². The van der Waals surface area contributed by atoms with Gasteiger partial charge in [0.25, 0.3) is 11.8 Å². The molecule has 0 saturated carbocycles. The van der Waals surface area contributed by atoms with Gasteiger partial charge in [-0.1, -0.05) is 108 Å². The lowest BCUT2D eigenvalue weighted by atomic mass is 9.91. The average molecular weight is 861 g/mol. The van der Waals surface area contributed by atoms with Crippen LogP contribution in [-0.4, -0.2) is 45.8 Å². The number of carboxylic acids is 1. The van der Waals surface area contributed by atoms with E-state index in [1.54, 1.807) is 91.0 Å². The van der Waals surface area contributed by atoms with Crippen molar-refractivity contribution in [3.8, 4) is 22.6 Å². The van der Waals surface area contributed by atoms with Crippen molar-refractivity contribution in [2.45, 2.75) is 44.2 Å². The fraction of sp³-hybridized carbons (Fsp3) is 0.149. The van der Waals surface area contributed by atoms with Crippen molar-refractivity contribution in [3.05, 3.63) is 182 Å². The minimum atomic E-state index is -1.27. The highest BCUT2D eigenvalue weighted by Crippen LogP contribution is 2.40. The number of halogens is 3. The topological polar surface area (TPSA) is 134 Å². The van der Waals surface area contributed by atoms with Crippen molar-refractivity contribution in [2.24, 2.45) is 0 Å². The molecule has 13 heteroatoms. The molecule has 2 aliphatic rings. The summed E-state index contributed by atoms with van der Waals surface area (Å²) < 4.78 is 12.2. The molecule has 6 aromatic carbocycles. The van der Waals surface area contributed by atoms with Gasteiger partial charge in [0.05, 0.1) is 15.7 Å². The van der Waals surface area contributed by atoms with Crippen LogP contribution in [0.25, 0.3) is 11.1 Å². The summed E-state index contributed by atoms with van der Waals surface area (Å²) >= 11 is 18.2. The van der Waals surface area contributed by atoms with Crippen LogP contribution in [0.1, 0.15) is 44.3 Å². The van der Waals surface area contributed by atoms with Crippen LogP contribution in [0.15, 0.2) is 133 Å². The van der Waals surface area contributed by atoms with Crippen LogP contribution in [-0.2, 0) is 40.4 Å². The maximum absolute atomic E-state index is 14.1. The average Bonchev–Trinajstić information content (AvgIpc) is 3.26. The second kappa shape index (κ2) is 17.5. The van der Waals surface area contributed by atoms with Crippen molar-refractivity contribution in [1.82, 2.24) is 10.2 Å². The van der Waals surface area contributed by atoms with E-state index < -0.39 is 36.0 Å². The molecule has 2 heterocycles. The molecule has 0 aromatic heterocycles. The molecule has 60 heavy (non-hydrogen) atoms. The van der Waals surface area contributed by atoms with Crippen LogP contribution >= 0.6 is 34.8 Å². The Morgan fingerprint density at radius 3 is 2.17 bits per heavy atom. The van der Waals surface area contributed by atoms with E-state index in [4.69, 9.17) is 44.3 Å². The van der Waals surface area contributed by atoms with Gasteiger partial charge in [-0.15, -0.1) is 0 Å². The number of benzene rings is 6. The van der Waals surface area contributed by atoms with E-state index in [2.05, 4.69) is 10.6 Å². The van der Waals surface area contributed by atoms with E-state index in [1.807, 2.05) is 42.5 Å².